The van der Waals surface area contributed by atoms with E-state index in [2.05, 4.69) is 32.4 Å². The second-order valence-corrected chi connectivity index (χ2v) is 10.4. The van der Waals surface area contributed by atoms with Crippen molar-refractivity contribution in [2.45, 2.75) is 103 Å². The van der Waals surface area contributed by atoms with E-state index in [-0.39, 0.29) is 0 Å². The molecule has 1 aromatic rings. The van der Waals surface area contributed by atoms with Crippen LogP contribution in [-0.4, -0.2) is 88.0 Å². The fourth-order valence-electron chi connectivity index (χ4n) is 4.33. The highest BCUT2D eigenvalue weighted by Gasteiger charge is 2.52. The summed E-state index contributed by atoms with van der Waals surface area (Å²) in [6.45, 7) is 7.98. The maximum absolute atomic E-state index is 12.6. The normalized spacial score (nSPS) is 23.6. The van der Waals surface area contributed by atoms with Gasteiger partial charge in [0.1, 0.15) is 18.3 Å². The zero-order valence-electron chi connectivity index (χ0n) is 24.5. The fraction of sp³-hybridized carbons (Fsp3) is 0.733. The van der Waals surface area contributed by atoms with Gasteiger partial charge >= 0.3 is 11.9 Å². The van der Waals surface area contributed by atoms with Crippen LogP contribution >= 0.6 is 0 Å². The van der Waals surface area contributed by atoms with Gasteiger partial charge in [-0.25, -0.2) is 9.59 Å². The Kier molecular flexibility index (Phi) is 17.2. The summed E-state index contributed by atoms with van der Waals surface area (Å²) in [5.41, 5.74) is 0.582. The fourth-order valence-corrected chi connectivity index (χ4v) is 4.33. The van der Waals surface area contributed by atoms with Crippen molar-refractivity contribution in [2.75, 3.05) is 26.4 Å². The number of carbonyl (C=O) groups is 2. The van der Waals surface area contributed by atoms with E-state index in [0.29, 0.717) is 36.2 Å². The topological polar surface area (TPSA) is 163 Å². The molecule has 10 heteroatoms. The number of aliphatic hydroxyl groups excluding tert-OH is 4. The van der Waals surface area contributed by atoms with Crippen LogP contribution < -0.4 is 0 Å². The first-order valence-electron chi connectivity index (χ1n) is 14.5. The quantitative estimate of drug-likeness (QED) is 0.187. The van der Waals surface area contributed by atoms with E-state index in [9.17, 15) is 14.7 Å². The van der Waals surface area contributed by atoms with Gasteiger partial charge in [-0.15, -0.1) is 0 Å². The molecule has 0 saturated carbocycles. The molecule has 0 aliphatic carbocycles. The lowest BCUT2D eigenvalue weighted by Crippen LogP contribution is -2.46. The minimum absolute atomic E-state index is 0.291. The van der Waals surface area contributed by atoms with Gasteiger partial charge in [0.25, 0.3) is 0 Å². The Morgan fingerprint density at radius 3 is 1.62 bits per heavy atom. The zero-order valence-corrected chi connectivity index (χ0v) is 24.5. The molecule has 0 bridgehead atoms. The molecule has 1 aliphatic heterocycles. The van der Waals surface area contributed by atoms with Gasteiger partial charge in [0, 0.05) is 0 Å². The van der Waals surface area contributed by atoms with E-state index in [1.807, 2.05) is 0 Å². The SMILES string of the molecule is CCCCC(CC)COC(=O)c1ccccc1C(=O)OCC(CC)CCCC.OC[C@H]1O[C@](O)(CO)[C@@H](O)[C@@H]1O. The van der Waals surface area contributed by atoms with Crippen LogP contribution in [0.15, 0.2) is 24.3 Å². The molecule has 1 saturated heterocycles. The maximum Gasteiger partial charge on any atom is 0.339 e. The highest BCUT2D eigenvalue weighted by molar-refractivity contribution is 6.03. The summed E-state index contributed by atoms with van der Waals surface area (Å²) < 4.78 is 15.7. The molecule has 1 aliphatic rings. The number of carbonyl (C=O) groups excluding carboxylic acids is 2. The Hall–Kier alpha value is -2.08. The average molecular weight is 571 g/mol. The molecular formula is C30H50O10. The number of aliphatic hydroxyl groups is 5. The van der Waals surface area contributed by atoms with E-state index in [1.165, 1.54) is 0 Å². The average Bonchev–Trinajstić information content (AvgIpc) is 3.21. The molecule has 1 heterocycles. The summed E-state index contributed by atoms with van der Waals surface area (Å²) in [6, 6.07) is 6.77. The summed E-state index contributed by atoms with van der Waals surface area (Å²) in [7, 11) is 0. The Labute approximate surface area is 238 Å². The van der Waals surface area contributed by atoms with Crippen LogP contribution in [0, 0.1) is 11.8 Å². The van der Waals surface area contributed by atoms with Crippen molar-refractivity contribution in [2.24, 2.45) is 11.8 Å². The van der Waals surface area contributed by atoms with E-state index < -0.39 is 49.3 Å². The van der Waals surface area contributed by atoms with Crippen molar-refractivity contribution in [1.82, 2.24) is 0 Å². The van der Waals surface area contributed by atoms with Crippen LogP contribution in [0.4, 0.5) is 0 Å². The van der Waals surface area contributed by atoms with Gasteiger partial charge < -0.3 is 39.7 Å². The van der Waals surface area contributed by atoms with Gasteiger partial charge in [0.15, 0.2) is 0 Å². The largest absolute Gasteiger partial charge is 0.462 e. The smallest absolute Gasteiger partial charge is 0.339 e. The zero-order chi connectivity index (χ0) is 30.1. The molecule has 0 spiro atoms. The van der Waals surface area contributed by atoms with Gasteiger partial charge in [-0.05, 0) is 36.8 Å². The van der Waals surface area contributed by atoms with E-state index in [0.717, 1.165) is 51.4 Å². The molecule has 1 fully saturated rings. The molecule has 1 aromatic carbocycles. The molecule has 40 heavy (non-hydrogen) atoms. The van der Waals surface area contributed by atoms with Crippen LogP contribution in [0.5, 0.6) is 0 Å². The van der Waals surface area contributed by atoms with Crippen molar-refractivity contribution in [3.05, 3.63) is 35.4 Å². The maximum atomic E-state index is 12.6. The van der Waals surface area contributed by atoms with Crippen molar-refractivity contribution in [3.8, 4) is 0 Å². The Morgan fingerprint density at radius 2 is 1.32 bits per heavy atom. The predicted molar refractivity (Wildman–Crippen MR) is 150 cm³/mol. The lowest BCUT2D eigenvalue weighted by Gasteiger charge is -2.22. The summed E-state index contributed by atoms with van der Waals surface area (Å²) in [5, 5.41) is 44.7. The molecule has 2 unspecified atom stereocenters. The minimum Gasteiger partial charge on any atom is -0.462 e. The van der Waals surface area contributed by atoms with E-state index in [1.54, 1.807) is 24.3 Å². The molecule has 230 valence electrons. The van der Waals surface area contributed by atoms with Crippen LogP contribution in [0.1, 0.15) is 99.8 Å². The lowest BCUT2D eigenvalue weighted by molar-refractivity contribution is -0.248. The first-order valence-corrected chi connectivity index (χ1v) is 14.5. The van der Waals surface area contributed by atoms with E-state index in [4.69, 9.17) is 29.9 Å². The van der Waals surface area contributed by atoms with Gasteiger partial charge in [0.05, 0.1) is 37.6 Å². The first-order chi connectivity index (χ1) is 19.1. The summed E-state index contributed by atoms with van der Waals surface area (Å²) in [4.78, 5) is 25.1. The predicted octanol–water partition coefficient (Wildman–Crippen LogP) is 3.21. The molecule has 10 nitrogen and oxygen atoms in total. The third-order valence-corrected chi connectivity index (χ3v) is 7.28. The third-order valence-electron chi connectivity index (χ3n) is 7.28. The molecule has 2 rings (SSSR count). The number of ether oxygens (including phenoxy) is 3. The van der Waals surface area contributed by atoms with Gasteiger partial charge in [-0.2, -0.15) is 0 Å². The minimum atomic E-state index is -2.16. The van der Waals surface area contributed by atoms with Crippen LogP contribution in [0.2, 0.25) is 0 Å². The van der Waals surface area contributed by atoms with Gasteiger partial charge in [-0.3, -0.25) is 0 Å². The van der Waals surface area contributed by atoms with Crippen LogP contribution in [0.25, 0.3) is 0 Å². The van der Waals surface area contributed by atoms with E-state index >= 15 is 0 Å². The molecule has 0 amide bonds. The van der Waals surface area contributed by atoms with Crippen molar-refractivity contribution in [3.63, 3.8) is 0 Å². The standard InChI is InChI=1S/C24H38O4.C6H12O6/c1-5-9-13-19(7-3)17-27-23(25)21-15-11-12-16-22(21)24(26)28-18-20(8-4)14-10-6-2;7-1-3-4(9)5(10)6(11,2-8)12-3/h11-12,15-16,19-20H,5-10,13-14,17-18H2,1-4H3;3-5,7-11H,1-2H2/t;3-,4-,5+,6-/m.1/s1. The Morgan fingerprint density at radius 1 is 0.875 bits per heavy atom. The molecule has 5 N–H and O–H groups in total. The number of hydrogen-bond acceptors (Lipinski definition) is 10. The first kappa shape index (κ1) is 35.9. The Bertz CT molecular complexity index is 812. The second kappa shape index (κ2) is 19.1. The summed E-state index contributed by atoms with van der Waals surface area (Å²) in [6.07, 6.45) is 4.57. The van der Waals surface area contributed by atoms with Gasteiger partial charge in [-0.1, -0.05) is 78.4 Å². The van der Waals surface area contributed by atoms with Crippen molar-refractivity contribution < 1.29 is 49.3 Å². The second-order valence-electron chi connectivity index (χ2n) is 10.4. The highest BCUT2D eigenvalue weighted by atomic mass is 16.7. The number of hydrogen-bond donors (Lipinski definition) is 5. The number of unbranched alkanes of at least 4 members (excludes halogenated alkanes) is 2. The summed E-state index contributed by atoms with van der Waals surface area (Å²) >= 11 is 0. The van der Waals surface area contributed by atoms with Crippen LogP contribution in [-0.2, 0) is 14.2 Å². The number of benzene rings is 1. The molecular weight excluding hydrogens is 520 g/mol. The number of esters is 2. The highest BCUT2D eigenvalue weighted by Crippen LogP contribution is 2.28. The Balaban J connectivity index is 0.000000552. The third kappa shape index (κ3) is 11.1. The lowest BCUT2D eigenvalue weighted by atomic mass is 10.0. The van der Waals surface area contributed by atoms with Gasteiger partial charge in [0.2, 0.25) is 5.79 Å². The molecule has 0 radical (unpaired) electrons. The van der Waals surface area contributed by atoms with Crippen molar-refractivity contribution >= 4 is 11.9 Å². The van der Waals surface area contributed by atoms with Crippen LogP contribution in [0.3, 0.4) is 0 Å². The summed E-state index contributed by atoms with van der Waals surface area (Å²) in [5.74, 6) is -2.31. The van der Waals surface area contributed by atoms with Crippen molar-refractivity contribution in [1.29, 1.82) is 0 Å². The monoisotopic (exact) mass is 570 g/mol. The molecule has 6 atom stereocenters. The molecule has 0 aromatic heterocycles. The number of rotatable bonds is 16.